The third-order valence-corrected chi connectivity index (χ3v) is 5.55. The summed E-state index contributed by atoms with van der Waals surface area (Å²) >= 11 is 8.57. The van der Waals surface area contributed by atoms with Crippen LogP contribution in [0, 0.1) is 0 Å². The van der Waals surface area contributed by atoms with Gasteiger partial charge in [0, 0.05) is 0 Å². The summed E-state index contributed by atoms with van der Waals surface area (Å²) in [7, 11) is 3.25. The molecule has 5 heteroatoms. The van der Waals surface area contributed by atoms with Gasteiger partial charge in [-0.05, 0) is 9.83 Å². The molecule has 0 heterocycles. The second kappa shape index (κ2) is 5.64. The van der Waals surface area contributed by atoms with Crippen molar-refractivity contribution in [2.24, 2.45) is 0 Å². The average Bonchev–Trinajstić information content (AvgIpc) is 1.35. The zero-order valence-electron chi connectivity index (χ0n) is 2.60. The van der Waals surface area contributed by atoms with Gasteiger partial charge in [-0.25, -0.2) is 0 Å². The van der Waals surface area contributed by atoms with Crippen molar-refractivity contribution in [3.63, 3.8) is 0 Å². The maximum absolute atomic E-state index is 3.93. The third kappa shape index (κ3) is 6.51. The van der Waals surface area contributed by atoms with Crippen LogP contribution in [-0.2, 0) is 0 Å². The fourth-order valence-electron chi connectivity index (χ4n) is 0.0325. The normalized spacial score (nSPS) is 10.0. The maximum atomic E-state index is 3.93. The number of halogens is 2. The largest absolute Gasteiger partial charge is 0.119 e. The van der Waals surface area contributed by atoms with Crippen LogP contribution in [0.2, 0.25) is 0 Å². The van der Waals surface area contributed by atoms with Gasteiger partial charge in [0.2, 0.25) is 0 Å². The second-order valence-corrected chi connectivity index (χ2v) is 10.2. The number of hydrogen-bond acceptors (Lipinski definition) is 3. The standard InChI is InChI=1S/CH2I2S3/c2-1(3)5-6-4/h1,4H. The first-order valence-corrected chi connectivity index (χ1v) is 6.78. The monoisotopic (exact) mass is 364 g/mol. The van der Waals surface area contributed by atoms with E-state index in [1.807, 2.05) is 0 Å². The van der Waals surface area contributed by atoms with Crippen LogP contribution in [0.15, 0.2) is 0 Å². The van der Waals surface area contributed by atoms with E-state index >= 15 is 0 Å². The van der Waals surface area contributed by atoms with Crippen molar-refractivity contribution in [3.8, 4) is 0 Å². The van der Waals surface area contributed by atoms with E-state index < -0.39 is 0 Å². The SMILES string of the molecule is SSSC(I)I. The van der Waals surface area contributed by atoms with Crippen LogP contribution in [0.25, 0.3) is 0 Å². The Balaban J connectivity index is 2.63. The lowest BCUT2D eigenvalue weighted by molar-refractivity contribution is 2.36. The van der Waals surface area contributed by atoms with E-state index in [0.29, 0.717) is 1.26 Å². The van der Waals surface area contributed by atoms with Gasteiger partial charge in [-0.1, -0.05) is 67.6 Å². The van der Waals surface area contributed by atoms with E-state index in [2.05, 4.69) is 56.8 Å². The highest BCUT2D eigenvalue weighted by atomic mass is 127. The Morgan fingerprint density at radius 1 is 1.50 bits per heavy atom. The van der Waals surface area contributed by atoms with Gasteiger partial charge in [-0.3, -0.25) is 0 Å². The van der Waals surface area contributed by atoms with E-state index in [4.69, 9.17) is 0 Å². The van der Waals surface area contributed by atoms with Gasteiger partial charge in [-0.15, -0.1) is 0 Å². The van der Waals surface area contributed by atoms with Crippen molar-refractivity contribution in [3.05, 3.63) is 0 Å². The number of thiol groups is 1. The summed E-state index contributed by atoms with van der Waals surface area (Å²) in [5.74, 6) is 0. The molecule has 0 aromatic heterocycles. The van der Waals surface area contributed by atoms with Crippen LogP contribution in [0.5, 0.6) is 0 Å². The molecular weight excluding hydrogens is 362 g/mol. The number of hydrogen-bond donors (Lipinski definition) is 1. The van der Waals surface area contributed by atoms with E-state index in [1.165, 1.54) is 9.83 Å². The molecule has 6 heavy (non-hydrogen) atoms. The van der Waals surface area contributed by atoms with Gasteiger partial charge >= 0.3 is 0 Å². The highest BCUT2D eigenvalue weighted by Crippen LogP contribution is 2.36. The van der Waals surface area contributed by atoms with Crippen LogP contribution in [-0.4, -0.2) is 1.26 Å². The Bertz CT molecular complexity index is 30.0. The lowest BCUT2D eigenvalue weighted by atomic mass is 11.9. The van der Waals surface area contributed by atoms with Crippen LogP contribution in [0.3, 0.4) is 0 Å². The van der Waals surface area contributed by atoms with Crippen molar-refractivity contribution in [2.45, 2.75) is 1.26 Å². The zero-order valence-corrected chi connectivity index (χ0v) is 9.44. The van der Waals surface area contributed by atoms with E-state index in [9.17, 15) is 0 Å². The van der Waals surface area contributed by atoms with Gasteiger partial charge in [0.25, 0.3) is 0 Å². The lowest BCUT2D eigenvalue weighted by Gasteiger charge is -1.90. The summed E-state index contributed by atoms with van der Waals surface area (Å²) in [6, 6.07) is 0. The number of alkyl halides is 2. The summed E-state index contributed by atoms with van der Waals surface area (Å²) in [6.45, 7) is 0. The molecule has 0 unspecified atom stereocenters. The van der Waals surface area contributed by atoms with Crippen molar-refractivity contribution >= 4 is 77.5 Å². The van der Waals surface area contributed by atoms with Crippen LogP contribution >= 0.6 is 77.5 Å². The molecule has 0 aliphatic rings. The van der Waals surface area contributed by atoms with Crippen molar-refractivity contribution in [1.82, 2.24) is 0 Å². The molecule has 0 aliphatic carbocycles. The molecule has 0 aromatic rings. The van der Waals surface area contributed by atoms with Crippen LogP contribution in [0.4, 0.5) is 0 Å². The molecule has 0 bridgehead atoms. The first kappa shape index (κ1) is 8.51. The molecule has 0 aliphatic heterocycles. The highest BCUT2D eigenvalue weighted by molar-refractivity contribution is 14.2. The Hall–Kier alpha value is 2.51. The van der Waals surface area contributed by atoms with Gasteiger partial charge < -0.3 is 0 Å². The second-order valence-electron chi connectivity index (χ2n) is 0.431. The minimum absolute atomic E-state index is 0.641. The zero-order chi connectivity index (χ0) is 4.99. The molecular formula is CH2I2S3. The van der Waals surface area contributed by atoms with Crippen LogP contribution in [0.1, 0.15) is 0 Å². The third-order valence-electron chi connectivity index (χ3n) is 0.116. The van der Waals surface area contributed by atoms with Gasteiger partial charge in [0.05, 0.1) is 0 Å². The average molecular weight is 364 g/mol. The predicted octanol–water partition coefficient (Wildman–Crippen LogP) is 3.37. The van der Waals surface area contributed by atoms with Gasteiger partial charge in [0.1, 0.15) is 1.26 Å². The fourth-order valence-corrected chi connectivity index (χ4v) is 5.89. The minimum Gasteiger partial charge on any atom is -0.0996 e. The lowest BCUT2D eigenvalue weighted by Crippen LogP contribution is -1.60. The molecule has 0 atom stereocenters. The van der Waals surface area contributed by atoms with E-state index in [1.54, 1.807) is 10.8 Å². The molecule has 0 amide bonds. The molecule has 0 aromatic carbocycles. The van der Waals surface area contributed by atoms with Crippen molar-refractivity contribution in [2.75, 3.05) is 0 Å². The summed E-state index contributed by atoms with van der Waals surface area (Å²) < 4.78 is 0.641. The van der Waals surface area contributed by atoms with Gasteiger partial charge in [-0.2, -0.15) is 0 Å². The maximum Gasteiger partial charge on any atom is 0.119 e. The van der Waals surface area contributed by atoms with Gasteiger partial charge in [0.15, 0.2) is 0 Å². The summed E-state index contributed by atoms with van der Waals surface area (Å²) in [5.41, 5.74) is 0. The molecule has 0 nitrogen and oxygen atoms in total. The summed E-state index contributed by atoms with van der Waals surface area (Å²) in [6.07, 6.45) is 0. The topological polar surface area (TPSA) is 0 Å². The Kier molecular flexibility index (Phi) is 8.00. The Morgan fingerprint density at radius 3 is 2.00 bits per heavy atom. The Labute approximate surface area is 77.5 Å². The molecule has 0 saturated heterocycles. The van der Waals surface area contributed by atoms with Crippen molar-refractivity contribution in [1.29, 1.82) is 0 Å². The van der Waals surface area contributed by atoms with Crippen LogP contribution < -0.4 is 0 Å². The highest BCUT2D eigenvalue weighted by Gasteiger charge is 1.92. The molecule has 0 fully saturated rings. The molecule has 0 rings (SSSR count). The first-order valence-electron chi connectivity index (χ1n) is 1.02. The fraction of sp³-hybridized carbons (Fsp3) is 1.00. The Morgan fingerprint density at radius 2 is 2.00 bits per heavy atom. The quantitative estimate of drug-likeness (QED) is 0.346. The smallest absolute Gasteiger partial charge is 0.0996 e. The molecule has 0 saturated carbocycles. The molecule has 0 radical (unpaired) electrons. The molecule has 0 spiro atoms. The first-order chi connectivity index (χ1) is 2.77. The molecule has 0 N–H and O–H groups in total. The minimum atomic E-state index is 0.641. The van der Waals surface area contributed by atoms with E-state index in [0.717, 1.165) is 0 Å². The summed E-state index contributed by atoms with van der Waals surface area (Å²) in [5, 5.41) is 0. The molecule has 38 valence electrons. The van der Waals surface area contributed by atoms with Crippen molar-refractivity contribution < 1.29 is 0 Å². The summed E-state index contributed by atoms with van der Waals surface area (Å²) in [4.78, 5) is 0. The number of rotatable bonds is 2. The van der Waals surface area contributed by atoms with E-state index in [-0.39, 0.29) is 0 Å². The predicted molar refractivity (Wildman–Crippen MR) is 56.0 cm³/mol.